The smallest absolute Gasteiger partial charge is 0.0774 e. The molecule has 4 nitrogen and oxygen atoms in total. The number of likely N-dealkylation sites (N-methyl/N-ethyl adjacent to an activating group) is 1. The minimum absolute atomic E-state index is 0.250. The van der Waals surface area contributed by atoms with Crippen LogP contribution in [0.5, 0.6) is 0 Å². The normalized spacial score (nSPS) is 16.0. The van der Waals surface area contributed by atoms with Gasteiger partial charge in [0.25, 0.3) is 0 Å². The van der Waals surface area contributed by atoms with E-state index in [2.05, 4.69) is 18.9 Å². The van der Waals surface area contributed by atoms with Crippen LogP contribution in [0.1, 0.15) is 45.9 Å². The standard InChI is InChI=1S/C14H27N3O/c1-7-11(2)17-9-8-12(15-17)10-13(18)14(3,4)16(5)6/h8-9,11,13,18H,7,10H2,1-6H3. The molecule has 0 aliphatic heterocycles. The van der Waals surface area contributed by atoms with Crippen LogP contribution in [0.2, 0.25) is 0 Å². The van der Waals surface area contributed by atoms with E-state index in [-0.39, 0.29) is 5.54 Å². The average molecular weight is 253 g/mol. The number of hydrogen-bond acceptors (Lipinski definition) is 3. The molecular formula is C14H27N3O. The molecule has 0 saturated carbocycles. The fourth-order valence-electron chi connectivity index (χ4n) is 1.66. The van der Waals surface area contributed by atoms with Gasteiger partial charge in [0.05, 0.1) is 11.8 Å². The predicted octanol–water partition coefficient (Wildman–Crippen LogP) is 2.10. The molecule has 1 heterocycles. The van der Waals surface area contributed by atoms with E-state index in [0.29, 0.717) is 12.5 Å². The van der Waals surface area contributed by atoms with Crippen LogP contribution in [0.25, 0.3) is 0 Å². The van der Waals surface area contributed by atoms with Gasteiger partial charge in [-0.2, -0.15) is 5.10 Å². The fraction of sp³-hybridized carbons (Fsp3) is 0.786. The largest absolute Gasteiger partial charge is 0.391 e. The Morgan fingerprint density at radius 2 is 2.06 bits per heavy atom. The summed E-state index contributed by atoms with van der Waals surface area (Å²) >= 11 is 0. The Kier molecular flexibility index (Phi) is 4.93. The van der Waals surface area contributed by atoms with E-state index in [9.17, 15) is 5.11 Å². The Balaban J connectivity index is 2.71. The van der Waals surface area contributed by atoms with Gasteiger partial charge in [0.15, 0.2) is 0 Å². The number of nitrogens with zero attached hydrogens (tertiary/aromatic N) is 3. The molecule has 18 heavy (non-hydrogen) atoms. The third-order valence-electron chi connectivity index (χ3n) is 4.08. The summed E-state index contributed by atoms with van der Waals surface area (Å²) in [6.45, 7) is 8.39. The van der Waals surface area contributed by atoms with Crippen molar-refractivity contribution < 1.29 is 5.11 Å². The van der Waals surface area contributed by atoms with Crippen molar-refractivity contribution in [3.8, 4) is 0 Å². The molecule has 0 bridgehead atoms. The van der Waals surface area contributed by atoms with E-state index >= 15 is 0 Å². The van der Waals surface area contributed by atoms with Gasteiger partial charge in [-0.15, -0.1) is 0 Å². The van der Waals surface area contributed by atoms with Crippen LogP contribution in [0, 0.1) is 0 Å². The van der Waals surface area contributed by atoms with Gasteiger partial charge >= 0.3 is 0 Å². The molecule has 0 radical (unpaired) electrons. The maximum atomic E-state index is 10.3. The Morgan fingerprint density at radius 3 is 2.56 bits per heavy atom. The van der Waals surface area contributed by atoms with E-state index < -0.39 is 6.10 Å². The topological polar surface area (TPSA) is 41.3 Å². The highest BCUT2D eigenvalue weighted by Crippen LogP contribution is 2.19. The molecule has 1 N–H and O–H groups in total. The van der Waals surface area contributed by atoms with Crippen molar-refractivity contribution in [2.45, 2.75) is 58.2 Å². The minimum atomic E-state index is -0.423. The van der Waals surface area contributed by atoms with E-state index in [0.717, 1.165) is 12.1 Å². The van der Waals surface area contributed by atoms with Crippen LogP contribution in [-0.4, -0.2) is 45.5 Å². The number of rotatable bonds is 6. The Labute approximate surface area is 111 Å². The first-order valence-electron chi connectivity index (χ1n) is 6.68. The monoisotopic (exact) mass is 253 g/mol. The Morgan fingerprint density at radius 1 is 1.44 bits per heavy atom. The molecule has 0 amide bonds. The Bertz CT molecular complexity index is 371. The van der Waals surface area contributed by atoms with Crippen LogP contribution >= 0.6 is 0 Å². The molecule has 1 aromatic heterocycles. The van der Waals surface area contributed by atoms with Gasteiger partial charge < -0.3 is 10.0 Å². The Hall–Kier alpha value is -0.870. The molecule has 0 fully saturated rings. The highest BCUT2D eigenvalue weighted by Gasteiger charge is 2.30. The van der Waals surface area contributed by atoms with Gasteiger partial charge in [-0.05, 0) is 47.4 Å². The SMILES string of the molecule is CCC(C)n1ccc(CC(O)C(C)(C)N(C)C)n1. The highest BCUT2D eigenvalue weighted by atomic mass is 16.3. The molecule has 4 heteroatoms. The lowest BCUT2D eigenvalue weighted by Gasteiger charge is -2.36. The summed E-state index contributed by atoms with van der Waals surface area (Å²) in [5, 5.41) is 14.8. The van der Waals surface area contributed by atoms with Gasteiger partial charge in [-0.3, -0.25) is 4.68 Å². The second kappa shape index (κ2) is 5.85. The van der Waals surface area contributed by atoms with Gasteiger partial charge in [0.2, 0.25) is 0 Å². The van der Waals surface area contributed by atoms with Crippen LogP contribution < -0.4 is 0 Å². The van der Waals surface area contributed by atoms with Crippen LogP contribution in [0.4, 0.5) is 0 Å². The lowest BCUT2D eigenvalue weighted by Crippen LogP contribution is -2.49. The summed E-state index contributed by atoms with van der Waals surface area (Å²) < 4.78 is 1.98. The third-order valence-corrected chi connectivity index (χ3v) is 4.08. The zero-order chi connectivity index (χ0) is 13.9. The molecule has 2 unspecified atom stereocenters. The first-order valence-corrected chi connectivity index (χ1v) is 6.68. The van der Waals surface area contributed by atoms with E-state index in [4.69, 9.17) is 0 Å². The van der Waals surface area contributed by atoms with E-state index in [1.165, 1.54) is 0 Å². The quantitative estimate of drug-likeness (QED) is 0.844. The molecule has 0 saturated heterocycles. The summed E-state index contributed by atoms with van der Waals surface area (Å²) in [7, 11) is 3.97. The van der Waals surface area contributed by atoms with Crippen molar-refractivity contribution in [3.63, 3.8) is 0 Å². The third kappa shape index (κ3) is 3.33. The summed E-state index contributed by atoms with van der Waals surface area (Å²) in [6.07, 6.45) is 3.23. The van der Waals surface area contributed by atoms with Crippen molar-refractivity contribution >= 4 is 0 Å². The minimum Gasteiger partial charge on any atom is -0.391 e. The second-order valence-electron chi connectivity index (χ2n) is 5.81. The zero-order valence-electron chi connectivity index (χ0n) is 12.5. The lowest BCUT2D eigenvalue weighted by atomic mass is 9.92. The van der Waals surface area contributed by atoms with Crippen molar-refractivity contribution in [2.24, 2.45) is 0 Å². The molecule has 0 aromatic carbocycles. The molecule has 104 valence electrons. The van der Waals surface area contributed by atoms with Gasteiger partial charge in [-0.25, -0.2) is 0 Å². The summed E-state index contributed by atoms with van der Waals surface area (Å²) in [5.41, 5.74) is 0.706. The fourth-order valence-corrected chi connectivity index (χ4v) is 1.66. The molecule has 0 spiro atoms. The second-order valence-corrected chi connectivity index (χ2v) is 5.81. The lowest BCUT2D eigenvalue weighted by molar-refractivity contribution is 0.0176. The predicted molar refractivity (Wildman–Crippen MR) is 74.7 cm³/mol. The average Bonchev–Trinajstić information content (AvgIpc) is 2.76. The number of aromatic nitrogens is 2. The highest BCUT2D eigenvalue weighted by molar-refractivity contribution is 5.04. The summed E-state index contributed by atoms with van der Waals surface area (Å²) in [4.78, 5) is 2.04. The zero-order valence-corrected chi connectivity index (χ0v) is 12.5. The first kappa shape index (κ1) is 15.2. The molecule has 1 aromatic rings. The maximum Gasteiger partial charge on any atom is 0.0774 e. The molecule has 2 atom stereocenters. The van der Waals surface area contributed by atoms with Crippen molar-refractivity contribution in [2.75, 3.05) is 14.1 Å². The summed E-state index contributed by atoms with van der Waals surface area (Å²) in [5.74, 6) is 0. The molecule has 1 rings (SSSR count). The van der Waals surface area contributed by atoms with E-state index in [1.54, 1.807) is 0 Å². The summed E-state index contributed by atoms with van der Waals surface area (Å²) in [6, 6.07) is 2.42. The van der Waals surface area contributed by atoms with Crippen molar-refractivity contribution in [1.29, 1.82) is 0 Å². The number of aliphatic hydroxyl groups is 1. The van der Waals surface area contributed by atoms with Gasteiger partial charge in [0, 0.05) is 24.2 Å². The van der Waals surface area contributed by atoms with Crippen LogP contribution in [-0.2, 0) is 6.42 Å². The number of aliphatic hydroxyl groups excluding tert-OH is 1. The van der Waals surface area contributed by atoms with Gasteiger partial charge in [-0.1, -0.05) is 6.92 Å². The van der Waals surface area contributed by atoms with Crippen LogP contribution in [0.3, 0.4) is 0 Å². The molecule has 0 aliphatic rings. The van der Waals surface area contributed by atoms with E-state index in [1.807, 2.05) is 49.8 Å². The maximum absolute atomic E-state index is 10.3. The molecule has 0 aliphatic carbocycles. The van der Waals surface area contributed by atoms with Crippen LogP contribution in [0.15, 0.2) is 12.3 Å². The number of hydrogen-bond donors (Lipinski definition) is 1. The van der Waals surface area contributed by atoms with Crippen molar-refractivity contribution in [3.05, 3.63) is 18.0 Å². The van der Waals surface area contributed by atoms with Crippen molar-refractivity contribution in [1.82, 2.24) is 14.7 Å². The first-order chi connectivity index (χ1) is 8.28. The van der Waals surface area contributed by atoms with Gasteiger partial charge in [0.1, 0.15) is 0 Å². The molecular weight excluding hydrogens is 226 g/mol.